The molecular weight excluding hydrogens is 480 g/mol. The molecule has 1 heterocycles. The molecule has 1 aliphatic heterocycles. The summed E-state index contributed by atoms with van der Waals surface area (Å²) in [4.78, 5) is 38.7. The van der Waals surface area contributed by atoms with Crippen molar-refractivity contribution in [2.45, 2.75) is 13.3 Å². The number of hydrogen-bond acceptors (Lipinski definition) is 4. The van der Waals surface area contributed by atoms with E-state index < -0.39 is 11.8 Å². The molecule has 34 heavy (non-hydrogen) atoms. The van der Waals surface area contributed by atoms with Gasteiger partial charge in [0.25, 0.3) is 11.8 Å². The van der Waals surface area contributed by atoms with Crippen LogP contribution in [0.3, 0.4) is 0 Å². The van der Waals surface area contributed by atoms with E-state index in [2.05, 4.69) is 10.6 Å². The van der Waals surface area contributed by atoms with Gasteiger partial charge in [0.2, 0.25) is 5.91 Å². The van der Waals surface area contributed by atoms with Crippen molar-refractivity contribution in [3.8, 4) is 0 Å². The molecule has 3 amide bonds. The smallest absolute Gasteiger partial charge is 0.283 e. The molecule has 0 bridgehead atoms. The fourth-order valence-electron chi connectivity index (χ4n) is 3.34. The van der Waals surface area contributed by atoms with E-state index in [4.69, 9.17) is 23.2 Å². The number of imide groups is 1. The minimum atomic E-state index is -0.650. The maximum absolute atomic E-state index is 13.0. The molecule has 6 nitrogen and oxygen atoms in total. The standard InChI is InChI=1S/C25H18Cl2FN3O3/c1-14-2-11-19(13-20(14)26)31-24(33)22(27)23(25(31)34)30-18-7-3-15(4-8-18)12-21(32)29-17-9-5-16(28)6-10-17/h2-11,13,30H,12H2,1H3,(H,29,32). The van der Waals surface area contributed by atoms with Crippen molar-refractivity contribution in [2.75, 3.05) is 15.5 Å². The van der Waals surface area contributed by atoms with Crippen molar-refractivity contribution in [3.05, 3.63) is 99.4 Å². The molecule has 2 N–H and O–H groups in total. The Kier molecular flexibility index (Phi) is 6.68. The summed E-state index contributed by atoms with van der Waals surface area (Å²) in [5.41, 5.74) is 2.81. The zero-order valence-electron chi connectivity index (χ0n) is 17.9. The fraction of sp³-hybridized carbons (Fsp3) is 0.0800. The lowest BCUT2D eigenvalue weighted by atomic mass is 10.1. The number of rotatable bonds is 6. The van der Waals surface area contributed by atoms with Gasteiger partial charge >= 0.3 is 0 Å². The Morgan fingerprint density at radius 2 is 1.56 bits per heavy atom. The Labute approximate surface area is 205 Å². The van der Waals surface area contributed by atoms with Crippen molar-refractivity contribution in [2.24, 2.45) is 0 Å². The minimum absolute atomic E-state index is 0.0508. The van der Waals surface area contributed by atoms with Crippen molar-refractivity contribution < 1.29 is 18.8 Å². The predicted molar refractivity (Wildman–Crippen MR) is 130 cm³/mol. The summed E-state index contributed by atoms with van der Waals surface area (Å²) in [7, 11) is 0. The molecule has 172 valence electrons. The van der Waals surface area contributed by atoms with Crippen molar-refractivity contribution in [1.82, 2.24) is 0 Å². The van der Waals surface area contributed by atoms with Gasteiger partial charge in [-0.05, 0) is 66.6 Å². The maximum atomic E-state index is 13.0. The number of benzene rings is 3. The first-order valence-electron chi connectivity index (χ1n) is 10.2. The van der Waals surface area contributed by atoms with Gasteiger partial charge in [0, 0.05) is 16.4 Å². The molecule has 0 aliphatic carbocycles. The monoisotopic (exact) mass is 497 g/mol. The molecule has 0 aromatic heterocycles. The third-order valence-corrected chi connectivity index (χ3v) is 5.91. The maximum Gasteiger partial charge on any atom is 0.283 e. The second-order valence-electron chi connectivity index (χ2n) is 7.62. The van der Waals surface area contributed by atoms with Crippen LogP contribution in [-0.4, -0.2) is 17.7 Å². The Morgan fingerprint density at radius 3 is 2.21 bits per heavy atom. The van der Waals surface area contributed by atoms with Crippen LogP contribution in [0.25, 0.3) is 0 Å². The average molecular weight is 498 g/mol. The quantitative estimate of drug-likeness (QED) is 0.446. The third kappa shape index (κ3) is 4.95. The highest BCUT2D eigenvalue weighted by Gasteiger charge is 2.39. The highest BCUT2D eigenvalue weighted by atomic mass is 35.5. The molecule has 0 spiro atoms. The molecule has 0 unspecified atom stereocenters. The summed E-state index contributed by atoms with van der Waals surface area (Å²) in [5, 5.41) is 5.77. The Morgan fingerprint density at radius 1 is 0.912 bits per heavy atom. The second kappa shape index (κ2) is 9.67. The van der Waals surface area contributed by atoms with Crippen molar-refractivity contribution in [3.63, 3.8) is 0 Å². The number of nitrogens with zero attached hydrogens (tertiary/aromatic N) is 1. The van der Waals surface area contributed by atoms with Gasteiger partial charge in [-0.15, -0.1) is 0 Å². The molecule has 4 rings (SSSR count). The van der Waals surface area contributed by atoms with E-state index in [0.717, 1.165) is 16.0 Å². The summed E-state index contributed by atoms with van der Waals surface area (Å²) < 4.78 is 13.0. The first-order chi connectivity index (χ1) is 16.2. The van der Waals surface area contributed by atoms with E-state index >= 15 is 0 Å². The molecule has 0 saturated carbocycles. The number of nitrogens with one attached hydrogen (secondary N) is 2. The van der Waals surface area contributed by atoms with Crippen LogP contribution in [-0.2, 0) is 20.8 Å². The molecular formula is C25H18Cl2FN3O3. The highest BCUT2D eigenvalue weighted by Crippen LogP contribution is 2.32. The van der Waals surface area contributed by atoms with Crippen LogP contribution in [0.2, 0.25) is 5.02 Å². The first kappa shape index (κ1) is 23.5. The van der Waals surface area contributed by atoms with Gasteiger partial charge in [-0.2, -0.15) is 0 Å². The number of aryl methyl sites for hydroxylation is 1. The van der Waals surface area contributed by atoms with Gasteiger partial charge < -0.3 is 10.6 Å². The first-order valence-corrected chi connectivity index (χ1v) is 10.9. The summed E-state index contributed by atoms with van der Waals surface area (Å²) >= 11 is 12.3. The van der Waals surface area contributed by atoms with Crippen LogP contribution in [0, 0.1) is 12.7 Å². The summed E-state index contributed by atoms with van der Waals surface area (Å²) in [6, 6.07) is 17.1. The zero-order chi connectivity index (χ0) is 24.4. The lowest BCUT2D eigenvalue weighted by Crippen LogP contribution is -2.32. The SMILES string of the molecule is Cc1ccc(N2C(=O)C(Cl)=C(Nc3ccc(CC(=O)Nc4ccc(F)cc4)cc3)C2=O)cc1Cl. The van der Waals surface area contributed by atoms with E-state index in [9.17, 15) is 18.8 Å². The zero-order valence-corrected chi connectivity index (χ0v) is 19.4. The molecule has 9 heteroatoms. The molecule has 0 radical (unpaired) electrons. The van der Waals surface area contributed by atoms with Gasteiger partial charge in [0.05, 0.1) is 12.1 Å². The topological polar surface area (TPSA) is 78.5 Å². The molecule has 3 aromatic rings. The highest BCUT2D eigenvalue weighted by molar-refractivity contribution is 6.53. The number of anilines is 3. The van der Waals surface area contributed by atoms with Crippen molar-refractivity contribution >= 4 is 58.0 Å². The minimum Gasteiger partial charge on any atom is -0.350 e. The Hall–Kier alpha value is -3.68. The van der Waals surface area contributed by atoms with Gasteiger partial charge in [0.1, 0.15) is 16.5 Å². The second-order valence-corrected chi connectivity index (χ2v) is 8.41. The van der Waals surface area contributed by atoms with Crippen LogP contribution in [0.4, 0.5) is 21.5 Å². The van der Waals surface area contributed by atoms with Crippen LogP contribution < -0.4 is 15.5 Å². The number of carbonyl (C=O) groups excluding carboxylic acids is 3. The summed E-state index contributed by atoms with van der Waals surface area (Å²) in [5.74, 6) is -1.90. The molecule has 0 fully saturated rings. The number of halogens is 3. The predicted octanol–water partition coefficient (Wildman–Crippen LogP) is 5.40. The van der Waals surface area contributed by atoms with E-state index in [1.54, 1.807) is 36.4 Å². The number of hydrogen-bond donors (Lipinski definition) is 2. The largest absolute Gasteiger partial charge is 0.350 e. The van der Waals surface area contributed by atoms with E-state index in [1.165, 1.54) is 30.3 Å². The molecule has 0 saturated heterocycles. The van der Waals surface area contributed by atoms with Crippen LogP contribution in [0.5, 0.6) is 0 Å². The normalized spacial score (nSPS) is 13.5. The molecule has 1 aliphatic rings. The van der Waals surface area contributed by atoms with E-state index in [0.29, 0.717) is 22.1 Å². The lowest BCUT2D eigenvalue weighted by molar-refractivity contribution is -0.120. The fourth-order valence-corrected chi connectivity index (χ4v) is 3.73. The summed E-state index contributed by atoms with van der Waals surface area (Å²) in [6.07, 6.45) is 0.0977. The molecule has 0 atom stereocenters. The Balaban J connectivity index is 1.42. The third-order valence-electron chi connectivity index (χ3n) is 5.16. The van der Waals surface area contributed by atoms with Gasteiger partial charge in [-0.1, -0.05) is 41.4 Å². The van der Waals surface area contributed by atoms with Crippen molar-refractivity contribution in [1.29, 1.82) is 0 Å². The van der Waals surface area contributed by atoms with Crippen LogP contribution >= 0.6 is 23.2 Å². The Bertz CT molecular complexity index is 1320. The van der Waals surface area contributed by atoms with E-state index in [-0.39, 0.29) is 28.9 Å². The van der Waals surface area contributed by atoms with Crippen LogP contribution in [0.1, 0.15) is 11.1 Å². The molecule has 3 aromatic carbocycles. The average Bonchev–Trinajstić information content (AvgIpc) is 3.01. The van der Waals surface area contributed by atoms with E-state index in [1.807, 2.05) is 6.92 Å². The number of amides is 3. The van der Waals surface area contributed by atoms with Gasteiger partial charge in [-0.25, -0.2) is 9.29 Å². The summed E-state index contributed by atoms with van der Waals surface area (Å²) in [6.45, 7) is 1.81. The lowest BCUT2D eigenvalue weighted by Gasteiger charge is -2.16. The number of carbonyl (C=O) groups is 3. The van der Waals surface area contributed by atoms with Gasteiger partial charge in [0.15, 0.2) is 0 Å². The van der Waals surface area contributed by atoms with Gasteiger partial charge in [-0.3, -0.25) is 14.4 Å². The van der Waals surface area contributed by atoms with Crippen LogP contribution in [0.15, 0.2) is 77.5 Å².